The third-order valence-electron chi connectivity index (χ3n) is 13.6. The van der Waals surface area contributed by atoms with Gasteiger partial charge in [0.05, 0.1) is 30.0 Å². The molecule has 1 fully saturated rings. The first-order chi connectivity index (χ1) is 24.5. The van der Waals surface area contributed by atoms with Crippen molar-refractivity contribution in [3.63, 3.8) is 0 Å². The molecule has 2 aliphatic rings. The first-order valence-corrected chi connectivity index (χ1v) is 26.2. The minimum Gasteiger partial charge on any atom is -0.543 e. The van der Waals surface area contributed by atoms with Gasteiger partial charge in [0.15, 0.2) is 15.1 Å². The topological polar surface area (TPSA) is 104 Å². The number of hydrogen-bond donors (Lipinski definition) is 2. The van der Waals surface area contributed by atoms with Crippen LogP contribution in [0.2, 0.25) is 36.3 Å². The number of ether oxygens (including phenoxy) is 3. The molecule has 1 aromatic carbocycles. The van der Waals surface area contributed by atoms with Crippen LogP contribution in [0.3, 0.4) is 0 Å². The van der Waals surface area contributed by atoms with Crippen molar-refractivity contribution in [1.82, 2.24) is 0 Å². The number of carbonyl (C=O) groups excluding carboxylic acids is 1. The Morgan fingerprint density at radius 3 is 2.15 bits per heavy atom. The molecule has 0 spiro atoms. The second-order valence-corrected chi connectivity index (χ2v) is 28.4. The van der Waals surface area contributed by atoms with E-state index in [9.17, 15) is 15.0 Å². The number of carbonyl (C=O) groups is 1. The van der Waals surface area contributed by atoms with Gasteiger partial charge in [0.25, 0.3) is 0 Å². The molecule has 1 aromatic rings. The number of aryl methyl sites for hydroxylation is 1. The maximum atomic E-state index is 14.5. The van der Waals surface area contributed by atoms with Crippen LogP contribution in [0, 0.1) is 36.5 Å². The lowest BCUT2D eigenvalue weighted by Crippen LogP contribution is -2.52. The summed E-state index contributed by atoms with van der Waals surface area (Å²) in [6.45, 7) is 32.5. The summed E-state index contributed by atoms with van der Waals surface area (Å²) in [5.41, 5.74) is 1.33. The summed E-state index contributed by atoms with van der Waals surface area (Å²) in [5.74, 6) is 1.15. The summed E-state index contributed by atoms with van der Waals surface area (Å²) in [6.07, 6.45) is 0.955. The SMILES string of the molecule is CC[Si](CC)(CC)O[C@H]1[C@@H](C)[C@H]2CC[C@H](C)C(O)C(C)(O)C[C@@H](C)C[C@H](C)C(=O)Cc3c(OCOC)c(C)cc(O[Si](C)(C)C(C)(C)C)c3[C@H](O2)[C@@H]1C. The Balaban J connectivity index is 2.42. The molecule has 2 N–H and O–H groups in total. The van der Waals surface area contributed by atoms with Gasteiger partial charge in [-0.05, 0) is 99.3 Å². The minimum absolute atomic E-state index is 0.0261. The zero-order chi connectivity index (χ0) is 40.3. The average molecular weight is 779 g/mol. The highest BCUT2D eigenvalue weighted by atomic mass is 28.4. The van der Waals surface area contributed by atoms with Crippen LogP contribution in [-0.4, -0.2) is 70.4 Å². The van der Waals surface area contributed by atoms with Crippen molar-refractivity contribution in [1.29, 1.82) is 0 Å². The van der Waals surface area contributed by atoms with E-state index in [0.29, 0.717) is 31.4 Å². The Morgan fingerprint density at radius 2 is 1.60 bits per heavy atom. The molecule has 2 heterocycles. The molecule has 0 saturated carbocycles. The molecular formula is C43H78O8Si2. The second kappa shape index (κ2) is 18.3. The van der Waals surface area contributed by atoms with Gasteiger partial charge in [-0.2, -0.15) is 0 Å². The number of fused-ring (bicyclic) bond motifs is 4. The minimum atomic E-state index is -2.37. The zero-order valence-corrected chi connectivity index (χ0v) is 38.5. The van der Waals surface area contributed by atoms with E-state index in [1.165, 1.54) is 0 Å². The van der Waals surface area contributed by atoms with Crippen molar-refractivity contribution < 1.29 is 38.1 Å². The fraction of sp³-hybridized carbons (Fsp3) is 0.837. The van der Waals surface area contributed by atoms with Crippen molar-refractivity contribution in [2.24, 2.45) is 29.6 Å². The number of aliphatic hydroxyl groups excluding tert-OH is 1. The summed E-state index contributed by atoms with van der Waals surface area (Å²) in [6, 6.07) is 5.22. The van der Waals surface area contributed by atoms with Gasteiger partial charge in [0, 0.05) is 42.4 Å². The Kier molecular flexibility index (Phi) is 15.9. The Hall–Kier alpha value is -1.28. The quantitative estimate of drug-likeness (QED) is 0.179. The Morgan fingerprint density at radius 1 is 1.00 bits per heavy atom. The van der Waals surface area contributed by atoms with Gasteiger partial charge in [-0.1, -0.05) is 76.2 Å². The van der Waals surface area contributed by atoms with E-state index in [-0.39, 0.29) is 65.8 Å². The van der Waals surface area contributed by atoms with E-state index < -0.39 is 34.4 Å². The lowest BCUT2D eigenvalue weighted by molar-refractivity contribution is -0.167. The summed E-state index contributed by atoms with van der Waals surface area (Å²) in [4.78, 5) is 14.5. The van der Waals surface area contributed by atoms with Crippen molar-refractivity contribution in [2.75, 3.05) is 13.9 Å². The van der Waals surface area contributed by atoms with E-state index in [1.54, 1.807) is 14.0 Å². The molecule has 2 unspecified atom stereocenters. The molecule has 1 saturated heterocycles. The molecular weight excluding hydrogens is 701 g/mol. The van der Waals surface area contributed by atoms with E-state index >= 15 is 0 Å². The normalized spacial score (nSPS) is 32.6. The molecule has 0 amide bonds. The number of rotatable bonds is 10. The van der Waals surface area contributed by atoms with Crippen LogP contribution >= 0.6 is 0 Å². The highest BCUT2D eigenvalue weighted by molar-refractivity contribution is 6.74. The molecule has 53 heavy (non-hydrogen) atoms. The number of methoxy groups -OCH3 is 1. The van der Waals surface area contributed by atoms with Gasteiger partial charge in [0.2, 0.25) is 8.32 Å². The van der Waals surface area contributed by atoms with Crippen LogP contribution in [0.5, 0.6) is 11.5 Å². The number of ketones is 1. The van der Waals surface area contributed by atoms with Crippen molar-refractivity contribution in [3.05, 3.63) is 22.8 Å². The highest BCUT2D eigenvalue weighted by Gasteiger charge is 2.49. The zero-order valence-electron chi connectivity index (χ0n) is 36.5. The maximum Gasteiger partial charge on any atom is 0.250 e. The maximum absolute atomic E-state index is 14.5. The van der Waals surface area contributed by atoms with E-state index in [1.807, 2.05) is 20.8 Å². The Bertz CT molecular complexity index is 1340. The molecule has 0 aliphatic carbocycles. The smallest absolute Gasteiger partial charge is 0.250 e. The van der Waals surface area contributed by atoms with Crippen LogP contribution in [0.1, 0.15) is 132 Å². The largest absolute Gasteiger partial charge is 0.543 e. The highest BCUT2D eigenvalue weighted by Crippen LogP contribution is 2.51. The van der Waals surface area contributed by atoms with E-state index in [2.05, 4.69) is 81.5 Å². The van der Waals surface area contributed by atoms with Gasteiger partial charge < -0.3 is 33.3 Å². The Labute approximate surface area is 325 Å². The number of aliphatic hydroxyl groups is 2. The molecule has 3 rings (SSSR count). The van der Waals surface area contributed by atoms with E-state index in [0.717, 1.165) is 40.6 Å². The predicted octanol–water partition coefficient (Wildman–Crippen LogP) is 10.2. The summed E-state index contributed by atoms with van der Waals surface area (Å²) < 4.78 is 34.0. The summed E-state index contributed by atoms with van der Waals surface area (Å²) in [5, 5.41) is 23.1. The molecule has 10 atom stereocenters. The molecule has 2 bridgehead atoms. The molecule has 10 heteroatoms. The van der Waals surface area contributed by atoms with Crippen molar-refractivity contribution in [2.45, 2.75) is 188 Å². The number of benzene rings is 1. The van der Waals surface area contributed by atoms with Crippen molar-refractivity contribution >= 4 is 22.4 Å². The third-order valence-corrected chi connectivity index (χ3v) is 22.6. The average Bonchev–Trinajstić information content (AvgIpc) is 3.06. The van der Waals surface area contributed by atoms with Gasteiger partial charge in [-0.15, -0.1) is 0 Å². The number of Topliss-reactive ketones (excluding diaryl/α,β-unsaturated/α-hetero) is 1. The molecule has 8 nitrogen and oxygen atoms in total. The monoisotopic (exact) mass is 779 g/mol. The van der Waals surface area contributed by atoms with Gasteiger partial charge in [0.1, 0.15) is 17.3 Å². The molecule has 306 valence electrons. The van der Waals surface area contributed by atoms with Gasteiger partial charge >= 0.3 is 0 Å². The summed E-state index contributed by atoms with van der Waals surface area (Å²) in [7, 11) is -2.81. The van der Waals surface area contributed by atoms with Crippen molar-refractivity contribution in [3.8, 4) is 11.5 Å². The van der Waals surface area contributed by atoms with Gasteiger partial charge in [-0.25, -0.2) is 0 Å². The number of hydrogen-bond acceptors (Lipinski definition) is 8. The van der Waals surface area contributed by atoms with Crippen LogP contribution in [0.4, 0.5) is 0 Å². The van der Waals surface area contributed by atoms with Crippen LogP contribution in [-0.2, 0) is 25.1 Å². The predicted molar refractivity (Wildman–Crippen MR) is 221 cm³/mol. The fourth-order valence-electron chi connectivity index (χ4n) is 8.82. The van der Waals surface area contributed by atoms with E-state index in [4.69, 9.17) is 23.1 Å². The standard InChI is InChI=1S/C43H78O8Si2/c1-17-53(18-2,19-3)51-39-31(8)35-21-20-28(5)41(45)43(13,46)25-27(4)22-29(6)34(44)24-33-37(40(49-35)32(39)9)36(50-52(15,16)42(10,11)12)23-30(7)38(33)48-26-47-14/h23,27-29,31-32,35,39-41,45-46H,17-22,24-26H2,1-16H3/t27-,28-,29-,31-,32+,35+,39-,40+,41?,43?/m0/s1. The first kappa shape index (κ1) is 46.1. The molecule has 0 aromatic heterocycles. The third kappa shape index (κ3) is 10.6. The first-order valence-electron chi connectivity index (χ1n) is 20.7. The lowest BCUT2D eigenvalue weighted by atomic mass is 9.75. The molecule has 2 aliphatic heterocycles. The fourth-order valence-corrected chi connectivity index (χ4v) is 12.9. The van der Waals surface area contributed by atoms with Crippen LogP contribution < -0.4 is 9.16 Å². The van der Waals surface area contributed by atoms with Crippen LogP contribution in [0.25, 0.3) is 0 Å². The van der Waals surface area contributed by atoms with Crippen LogP contribution in [0.15, 0.2) is 6.07 Å². The lowest BCUT2D eigenvalue weighted by Gasteiger charge is -2.49. The molecule has 0 radical (unpaired) electrons. The van der Waals surface area contributed by atoms with Gasteiger partial charge in [-0.3, -0.25) is 4.79 Å². The second-order valence-electron chi connectivity index (χ2n) is 18.9. The summed E-state index contributed by atoms with van der Waals surface area (Å²) >= 11 is 0.